The third-order valence-corrected chi connectivity index (χ3v) is 2.86. The molecule has 1 atom stereocenters. The van der Waals surface area contributed by atoms with Gasteiger partial charge in [-0.2, -0.15) is 5.10 Å². The maximum atomic E-state index is 4.23. The van der Waals surface area contributed by atoms with Crippen LogP contribution in [0.3, 0.4) is 0 Å². The molecule has 0 bridgehead atoms. The molecule has 1 unspecified atom stereocenters. The van der Waals surface area contributed by atoms with Crippen LogP contribution in [-0.4, -0.2) is 21.3 Å². The fourth-order valence-electron chi connectivity index (χ4n) is 1.98. The van der Waals surface area contributed by atoms with E-state index in [-0.39, 0.29) is 6.04 Å². The van der Waals surface area contributed by atoms with Crippen LogP contribution in [0.15, 0.2) is 30.9 Å². The van der Waals surface area contributed by atoms with Crippen molar-refractivity contribution in [2.75, 3.05) is 6.54 Å². The second-order valence-corrected chi connectivity index (χ2v) is 4.17. The largest absolute Gasteiger partial charge is 0.306 e. The van der Waals surface area contributed by atoms with Crippen molar-refractivity contribution in [1.29, 1.82) is 0 Å². The first-order chi connectivity index (χ1) is 8.22. The summed E-state index contributed by atoms with van der Waals surface area (Å²) in [6, 6.07) is 2.21. The normalized spacial score (nSPS) is 12.6. The van der Waals surface area contributed by atoms with Crippen molar-refractivity contribution in [3.63, 3.8) is 0 Å². The zero-order valence-corrected chi connectivity index (χ0v) is 10.5. The average Bonchev–Trinajstić information content (AvgIpc) is 2.74. The summed E-state index contributed by atoms with van der Waals surface area (Å²) in [6.07, 6.45) is 7.69. The average molecular weight is 230 g/mol. The molecule has 2 aromatic heterocycles. The highest BCUT2D eigenvalue weighted by Gasteiger charge is 2.16. The predicted molar refractivity (Wildman–Crippen MR) is 67.7 cm³/mol. The van der Waals surface area contributed by atoms with Crippen molar-refractivity contribution in [1.82, 2.24) is 20.1 Å². The van der Waals surface area contributed by atoms with Crippen LogP contribution in [0.1, 0.15) is 29.7 Å². The number of rotatable bonds is 4. The topological polar surface area (TPSA) is 42.7 Å². The highest BCUT2D eigenvalue weighted by molar-refractivity contribution is 5.32. The molecule has 4 nitrogen and oxygen atoms in total. The van der Waals surface area contributed by atoms with E-state index in [0.717, 1.165) is 6.54 Å². The molecule has 0 aliphatic heterocycles. The van der Waals surface area contributed by atoms with E-state index in [1.165, 1.54) is 16.7 Å². The molecule has 4 heteroatoms. The van der Waals surface area contributed by atoms with E-state index in [1.54, 1.807) is 0 Å². The number of nitrogens with zero attached hydrogens (tertiary/aromatic N) is 3. The van der Waals surface area contributed by atoms with Crippen LogP contribution < -0.4 is 5.32 Å². The Morgan fingerprint density at radius 3 is 2.82 bits per heavy atom. The smallest absolute Gasteiger partial charge is 0.0625 e. The number of hydrogen-bond donors (Lipinski definition) is 1. The van der Waals surface area contributed by atoms with Crippen LogP contribution in [0.25, 0.3) is 0 Å². The van der Waals surface area contributed by atoms with Gasteiger partial charge in [0, 0.05) is 31.2 Å². The van der Waals surface area contributed by atoms with Crippen molar-refractivity contribution >= 4 is 0 Å². The van der Waals surface area contributed by atoms with Crippen molar-refractivity contribution in [2.45, 2.75) is 19.9 Å². The molecular weight excluding hydrogens is 212 g/mol. The van der Waals surface area contributed by atoms with Gasteiger partial charge < -0.3 is 5.32 Å². The summed E-state index contributed by atoms with van der Waals surface area (Å²) >= 11 is 0. The molecule has 0 saturated heterocycles. The molecule has 0 fully saturated rings. The zero-order valence-electron chi connectivity index (χ0n) is 10.5. The minimum Gasteiger partial charge on any atom is -0.306 e. The van der Waals surface area contributed by atoms with Gasteiger partial charge in [0.1, 0.15) is 0 Å². The monoisotopic (exact) mass is 230 g/mol. The molecule has 0 aliphatic carbocycles. The molecule has 90 valence electrons. The number of pyridine rings is 1. The maximum absolute atomic E-state index is 4.23. The molecular formula is C13H18N4. The SMILES string of the molecule is CCNC(c1cnn(C)c1)c1cnccc1C. The fourth-order valence-corrected chi connectivity index (χ4v) is 1.98. The van der Waals surface area contributed by atoms with Gasteiger partial charge >= 0.3 is 0 Å². The van der Waals surface area contributed by atoms with E-state index >= 15 is 0 Å². The second-order valence-electron chi connectivity index (χ2n) is 4.17. The summed E-state index contributed by atoms with van der Waals surface area (Å²) in [5.74, 6) is 0. The van der Waals surface area contributed by atoms with E-state index in [9.17, 15) is 0 Å². The molecule has 0 aromatic carbocycles. The summed E-state index contributed by atoms with van der Waals surface area (Å²) < 4.78 is 1.82. The number of hydrogen-bond acceptors (Lipinski definition) is 3. The Kier molecular flexibility index (Phi) is 3.54. The van der Waals surface area contributed by atoms with Crippen molar-refractivity contribution in [3.8, 4) is 0 Å². The van der Waals surface area contributed by atoms with Gasteiger partial charge in [-0.15, -0.1) is 0 Å². The lowest BCUT2D eigenvalue weighted by Gasteiger charge is -2.18. The van der Waals surface area contributed by atoms with Gasteiger partial charge in [0.15, 0.2) is 0 Å². The standard InChI is InChI=1S/C13H18N4/c1-4-15-13(11-7-16-17(3)9-11)12-8-14-6-5-10(12)2/h5-9,13,15H,4H2,1-3H3. The molecule has 17 heavy (non-hydrogen) atoms. The lowest BCUT2D eigenvalue weighted by molar-refractivity contribution is 0.624. The van der Waals surface area contributed by atoms with Crippen molar-refractivity contribution in [2.24, 2.45) is 7.05 Å². The molecule has 0 aliphatic rings. The van der Waals surface area contributed by atoms with Gasteiger partial charge in [0.2, 0.25) is 0 Å². The van der Waals surface area contributed by atoms with Crippen LogP contribution in [0.2, 0.25) is 0 Å². The summed E-state index contributed by atoms with van der Waals surface area (Å²) in [5.41, 5.74) is 3.63. The third-order valence-electron chi connectivity index (χ3n) is 2.86. The molecule has 2 rings (SSSR count). The molecule has 0 saturated carbocycles. The second kappa shape index (κ2) is 5.10. The van der Waals surface area contributed by atoms with Gasteiger partial charge in [-0.1, -0.05) is 6.92 Å². The van der Waals surface area contributed by atoms with Crippen LogP contribution >= 0.6 is 0 Å². The fraction of sp³-hybridized carbons (Fsp3) is 0.385. The first kappa shape index (κ1) is 11.8. The Balaban J connectivity index is 2.39. The first-order valence-corrected chi connectivity index (χ1v) is 5.84. The molecule has 0 spiro atoms. The minimum absolute atomic E-state index is 0.169. The summed E-state index contributed by atoms with van der Waals surface area (Å²) in [6.45, 7) is 5.13. The third kappa shape index (κ3) is 2.53. The highest BCUT2D eigenvalue weighted by Crippen LogP contribution is 2.23. The van der Waals surface area contributed by atoms with Crippen LogP contribution in [-0.2, 0) is 7.05 Å². The Bertz CT molecular complexity index is 490. The highest BCUT2D eigenvalue weighted by atomic mass is 15.2. The zero-order chi connectivity index (χ0) is 12.3. The lowest BCUT2D eigenvalue weighted by atomic mass is 9.99. The first-order valence-electron chi connectivity index (χ1n) is 5.84. The van der Waals surface area contributed by atoms with Crippen LogP contribution in [0, 0.1) is 6.92 Å². The molecule has 2 heterocycles. The molecule has 1 N–H and O–H groups in total. The summed E-state index contributed by atoms with van der Waals surface area (Å²) in [5, 5.41) is 7.71. The van der Waals surface area contributed by atoms with E-state index in [0.29, 0.717) is 0 Å². The Labute approximate surface area is 102 Å². The number of nitrogens with one attached hydrogen (secondary N) is 1. The van der Waals surface area contributed by atoms with Crippen LogP contribution in [0.5, 0.6) is 0 Å². The number of aryl methyl sites for hydroxylation is 2. The maximum Gasteiger partial charge on any atom is 0.0625 e. The van der Waals surface area contributed by atoms with Gasteiger partial charge in [-0.25, -0.2) is 0 Å². The quantitative estimate of drug-likeness (QED) is 0.871. The Hall–Kier alpha value is -1.68. The lowest BCUT2D eigenvalue weighted by Crippen LogP contribution is -2.22. The van der Waals surface area contributed by atoms with Gasteiger partial charge in [0.25, 0.3) is 0 Å². The Morgan fingerprint density at radius 2 is 2.24 bits per heavy atom. The van der Waals surface area contributed by atoms with Crippen LogP contribution in [0.4, 0.5) is 0 Å². The Morgan fingerprint density at radius 1 is 1.41 bits per heavy atom. The molecule has 2 aromatic rings. The molecule has 0 radical (unpaired) electrons. The number of aromatic nitrogens is 3. The predicted octanol–water partition coefficient (Wildman–Crippen LogP) is 1.82. The van der Waals surface area contributed by atoms with Crippen molar-refractivity contribution < 1.29 is 0 Å². The van der Waals surface area contributed by atoms with Gasteiger partial charge in [-0.05, 0) is 30.7 Å². The summed E-state index contributed by atoms with van der Waals surface area (Å²) in [7, 11) is 1.93. The molecule has 0 amide bonds. The van der Waals surface area contributed by atoms with Gasteiger partial charge in [0.05, 0.1) is 12.2 Å². The van der Waals surface area contributed by atoms with E-state index < -0.39 is 0 Å². The minimum atomic E-state index is 0.169. The van der Waals surface area contributed by atoms with E-state index in [1.807, 2.05) is 42.6 Å². The van der Waals surface area contributed by atoms with Gasteiger partial charge in [-0.3, -0.25) is 9.67 Å². The van der Waals surface area contributed by atoms with Crippen molar-refractivity contribution in [3.05, 3.63) is 47.5 Å². The van der Waals surface area contributed by atoms with E-state index in [4.69, 9.17) is 0 Å². The summed E-state index contributed by atoms with van der Waals surface area (Å²) in [4.78, 5) is 4.21. The van der Waals surface area contributed by atoms with E-state index in [2.05, 4.69) is 29.2 Å².